The van der Waals surface area contributed by atoms with Crippen LogP contribution < -0.4 is 5.32 Å². The molecule has 0 radical (unpaired) electrons. The van der Waals surface area contributed by atoms with Crippen molar-refractivity contribution in [2.75, 3.05) is 5.32 Å². The first kappa shape index (κ1) is 13.9. The zero-order valence-electron chi connectivity index (χ0n) is 11.0. The first-order valence-corrected chi connectivity index (χ1v) is 7.36. The maximum Gasteiger partial charge on any atom is 0.293 e. The number of halogens is 1. The summed E-state index contributed by atoms with van der Waals surface area (Å²) >= 11 is 3.25. The van der Waals surface area contributed by atoms with Gasteiger partial charge in [-0.25, -0.2) is 0 Å². The van der Waals surface area contributed by atoms with E-state index in [9.17, 15) is 15.2 Å². The predicted octanol–water partition coefficient (Wildman–Crippen LogP) is 4.16. The van der Waals surface area contributed by atoms with E-state index in [4.69, 9.17) is 0 Å². The maximum atomic E-state index is 11.1. The van der Waals surface area contributed by atoms with Gasteiger partial charge in [-0.05, 0) is 48.2 Å². The Morgan fingerprint density at radius 2 is 2.10 bits per heavy atom. The summed E-state index contributed by atoms with van der Waals surface area (Å²) in [6.45, 7) is 0. The van der Waals surface area contributed by atoms with Gasteiger partial charge in [0.2, 0.25) is 0 Å². The summed E-state index contributed by atoms with van der Waals surface area (Å²) in [4.78, 5) is 10.8. The monoisotopic (exact) mass is 348 g/mol. The highest BCUT2D eigenvalue weighted by molar-refractivity contribution is 9.10. The predicted molar refractivity (Wildman–Crippen MR) is 83.6 cm³/mol. The van der Waals surface area contributed by atoms with Gasteiger partial charge in [0.1, 0.15) is 11.4 Å². The van der Waals surface area contributed by atoms with Crippen LogP contribution in [0.5, 0.6) is 5.75 Å². The number of hydrogen-bond acceptors (Lipinski definition) is 4. The summed E-state index contributed by atoms with van der Waals surface area (Å²) in [5.41, 5.74) is 2.74. The largest absolute Gasteiger partial charge is 0.508 e. The normalized spacial score (nSPS) is 16.5. The van der Waals surface area contributed by atoms with E-state index >= 15 is 0 Å². The fourth-order valence-corrected chi connectivity index (χ4v) is 3.07. The zero-order valence-corrected chi connectivity index (χ0v) is 12.6. The quantitative estimate of drug-likeness (QED) is 0.644. The molecule has 0 saturated carbocycles. The van der Waals surface area contributed by atoms with Crippen molar-refractivity contribution in [2.45, 2.75) is 18.9 Å². The molecule has 0 aliphatic heterocycles. The molecule has 1 atom stereocenters. The Morgan fingerprint density at radius 1 is 1.29 bits per heavy atom. The first-order chi connectivity index (χ1) is 10.0. The number of fused-ring (bicyclic) bond motifs is 1. The molecular weight excluding hydrogens is 336 g/mol. The van der Waals surface area contributed by atoms with Gasteiger partial charge in [-0.1, -0.05) is 22.0 Å². The molecule has 0 heterocycles. The highest BCUT2D eigenvalue weighted by Gasteiger charge is 2.25. The van der Waals surface area contributed by atoms with E-state index in [1.807, 2.05) is 6.07 Å². The molecule has 0 amide bonds. The number of aryl methyl sites for hydroxylation is 1. The fraction of sp³-hybridized carbons (Fsp3) is 0.200. The Hall–Kier alpha value is -2.08. The number of phenols is 1. The lowest BCUT2D eigenvalue weighted by molar-refractivity contribution is -0.384. The lowest BCUT2D eigenvalue weighted by Crippen LogP contribution is -2.08. The van der Waals surface area contributed by atoms with E-state index < -0.39 is 0 Å². The minimum Gasteiger partial charge on any atom is -0.508 e. The molecule has 0 spiro atoms. The van der Waals surface area contributed by atoms with Crippen LogP contribution in [0, 0.1) is 10.1 Å². The van der Waals surface area contributed by atoms with Crippen molar-refractivity contribution in [1.82, 2.24) is 0 Å². The van der Waals surface area contributed by atoms with Crippen LogP contribution in [-0.4, -0.2) is 10.0 Å². The molecule has 2 aromatic carbocycles. The number of nitro benzene ring substituents is 1. The van der Waals surface area contributed by atoms with Gasteiger partial charge in [-0.15, -0.1) is 0 Å². The molecule has 0 fully saturated rings. The number of rotatable bonds is 3. The van der Waals surface area contributed by atoms with Gasteiger partial charge in [-0.2, -0.15) is 0 Å². The molecule has 5 nitrogen and oxygen atoms in total. The number of nitrogens with one attached hydrogen (secondary N) is 1. The second-order valence-electron chi connectivity index (χ2n) is 5.04. The lowest BCUT2D eigenvalue weighted by atomic mass is 10.1. The van der Waals surface area contributed by atoms with Crippen LogP contribution in [0.4, 0.5) is 11.4 Å². The minimum atomic E-state index is -0.389. The Morgan fingerprint density at radius 3 is 2.86 bits per heavy atom. The van der Waals surface area contributed by atoms with Crippen molar-refractivity contribution >= 4 is 27.3 Å². The highest BCUT2D eigenvalue weighted by atomic mass is 79.9. The lowest BCUT2D eigenvalue weighted by Gasteiger charge is -2.15. The SMILES string of the molecule is O=[N+]([O-])c1cc(Br)ccc1NC1CCc2cc(O)ccc21. The molecule has 1 aliphatic carbocycles. The molecule has 2 N–H and O–H groups in total. The molecule has 2 aromatic rings. The molecule has 0 saturated heterocycles. The molecule has 3 rings (SSSR count). The van der Waals surface area contributed by atoms with E-state index in [1.54, 1.807) is 24.3 Å². The van der Waals surface area contributed by atoms with E-state index in [0.29, 0.717) is 10.2 Å². The highest BCUT2D eigenvalue weighted by Crippen LogP contribution is 2.38. The second kappa shape index (κ2) is 5.37. The number of anilines is 1. The Balaban J connectivity index is 1.91. The second-order valence-corrected chi connectivity index (χ2v) is 5.95. The van der Waals surface area contributed by atoms with Gasteiger partial charge in [-0.3, -0.25) is 10.1 Å². The fourth-order valence-electron chi connectivity index (χ4n) is 2.72. The topological polar surface area (TPSA) is 75.4 Å². The van der Waals surface area contributed by atoms with Crippen LogP contribution in [0.15, 0.2) is 40.9 Å². The minimum absolute atomic E-state index is 0.0282. The average molecular weight is 349 g/mol. The first-order valence-electron chi connectivity index (χ1n) is 6.57. The third kappa shape index (κ3) is 2.71. The number of aromatic hydroxyl groups is 1. The third-order valence-electron chi connectivity index (χ3n) is 3.69. The van der Waals surface area contributed by atoms with Crippen molar-refractivity contribution in [3.8, 4) is 5.75 Å². The summed E-state index contributed by atoms with van der Waals surface area (Å²) in [7, 11) is 0. The summed E-state index contributed by atoms with van der Waals surface area (Å²) in [5, 5.41) is 23.9. The van der Waals surface area contributed by atoms with Gasteiger partial charge in [0, 0.05) is 10.5 Å². The Kier molecular flexibility index (Phi) is 3.55. The van der Waals surface area contributed by atoms with E-state index in [-0.39, 0.29) is 22.4 Å². The third-order valence-corrected chi connectivity index (χ3v) is 4.18. The number of phenolic OH excluding ortho intramolecular Hbond substituents is 1. The van der Waals surface area contributed by atoms with Gasteiger partial charge in [0.05, 0.1) is 11.0 Å². The van der Waals surface area contributed by atoms with Crippen LogP contribution in [-0.2, 0) is 6.42 Å². The van der Waals surface area contributed by atoms with Crippen molar-refractivity contribution in [2.24, 2.45) is 0 Å². The average Bonchev–Trinajstić information content (AvgIpc) is 2.82. The molecule has 6 heteroatoms. The van der Waals surface area contributed by atoms with E-state index in [1.165, 1.54) is 6.07 Å². The number of nitro groups is 1. The molecule has 1 unspecified atom stereocenters. The smallest absolute Gasteiger partial charge is 0.293 e. The van der Waals surface area contributed by atoms with Crippen molar-refractivity contribution in [3.05, 3.63) is 62.1 Å². The standard InChI is InChI=1S/C15H13BrN2O3/c16-10-2-6-14(15(8-10)18(20)21)17-13-5-1-9-7-11(19)3-4-12(9)13/h2-4,6-8,13,17,19H,1,5H2. The summed E-state index contributed by atoms with van der Waals surface area (Å²) in [6.07, 6.45) is 1.71. The van der Waals surface area contributed by atoms with Crippen molar-refractivity contribution < 1.29 is 10.0 Å². The van der Waals surface area contributed by atoms with Crippen molar-refractivity contribution in [1.29, 1.82) is 0 Å². The Labute approximate surface area is 129 Å². The van der Waals surface area contributed by atoms with Gasteiger partial charge in [0.25, 0.3) is 5.69 Å². The molecule has 1 aliphatic rings. The van der Waals surface area contributed by atoms with Gasteiger partial charge < -0.3 is 10.4 Å². The molecular formula is C15H13BrN2O3. The summed E-state index contributed by atoms with van der Waals surface area (Å²) in [6, 6.07) is 10.3. The van der Waals surface area contributed by atoms with Gasteiger partial charge in [0.15, 0.2) is 0 Å². The van der Waals surface area contributed by atoms with Crippen LogP contribution in [0.3, 0.4) is 0 Å². The molecule has 0 bridgehead atoms. The Bertz CT molecular complexity index is 718. The van der Waals surface area contributed by atoms with Crippen LogP contribution in [0.2, 0.25) is 0 Å². The summed E-state index contributed by atoms with van der Waals surface area (Å²) < 4.78 is 0.677. The number of nitrogens with zero attached hydrogens (tertiary/aromatic N) is 1. The van der Waals surface area contributed by atoms with Crippen LogP contribution in [0.25, 0.3) is 0 Å². The van der Waals surface area contributed by atoms with E-state index in [0.717, 1.165) is 24.0 Å². The van der Waals surface area contributed by atoms with E-state index in [2.05, 4.69) is 21.2 Å². The van der Waals surface area contributed by atoms with Crippen molar-refractivity contribution in [3.63, 3.8) is 0 Å². The summed E-state index contributed by atoms with van der Waals surface area (Å²) in [5.74, 6) is 0.254. The molecule has 108 valence electrons. The van der Waals surface area contributed by atoms with Crippen LogP contribution >= 0.6 is 15.9 Å². The zero-order chi connectivity index (χ0) is 15.0. The maximum absolute atomic E-state index is 11.1. The van der Waals surface area contributed by atoms with Crippen LogP contribution in [0.1, 0.15) is 23.6 Å². The molecule has 21 heavy (non-hydrogen) atoms. The molecule has 0 aromatic heterocycles. The van der Waals surface area contributed by atoms with Gasteiger partial charge >= 0.3 is 0 Å². The number of hydrogen-bond donors (Lipinski definition) is 2. The number of benzene rings is 2.